The van der Waals surface area contributed by atoms with Gasteiger partial charge in [-0.2, -0.15) is 0 Å². The Morgan fingerprint density at radius 1 is 1.39 bits per heavy atom. The summed E-state index contributed by atoms with van der Waals surface area (Å²) in [7, 11) is 2.03. The SMILES string of the molecule is CC(C)CC(CN=[N+]=[N-])N1CCN(C)CCC1=O. The zero-order valence-corrected chi connectivity index (χ0v) is 11.5. The predicted molar refractivity (Wildman–Crippen MR) is 71.1 cm³/mol. The van der Waals surface area contributed by atoms with Gasteiger partial charge < -0.3 is 9.80 Å². The molecule has 1 aliphatic rings. The van der Waals surface area contributed by atoms with E-state index in [1.54, 1.807) is 0 Å². The molecule has 1 unspecified atom stereocenters. The monoisotopic (exact) mass is 253 g/mol. The van der Waals surface area contributed by atoms with Crippen molar-refractivity contribution in [2.75, 3.05) is 33.2 Å². The van der Waals surface area contributed by atoms with Gasteiger partial charge in [-0.15, -0.1) is 0 Å². The third kappa shape index (κ3) is 4.55. The fourth-order valence-corrected chi connectivity index (χ4v) is 2.31. The third-order valence-electron chi connectivity index (χ3n) is 3.29. The lowest BCUT2D eigenvalue weighted by atomic mass is 10.0. The minimum atomic E-state index is 0.0416. The summed E-state index contributed by atoms with van der Waals surface area (Å²) in [5, 5.41) is 3.66. The summed E-state index contributed by atoms with van der Waals surface area (Å²) < 4.78 is 0. The molecule has 1 heterocycles. The Labute approximate surface area is 109 Å². The number of azide groups is 1. The van der Waals surface area contributed by atoms with Crippen LogP contribution in [0.3, 0.4) is 0 Å². The molecule has 1 rings (SSSR count). The smallest absolute Gasteiger partial charge is 0.224 e. The highest BCUT2D eigenvalue weighted by molar-refractivity contribution is 5.77. The molecule has 1 aliphatic heterocycles. The molecule has 0 aromatic rings. The average Bonchev–Trinajstić information content (AvgIpc) is 2.47. The first-order valence-electron chi connectivity index (χ1n) is 6.53. The lowest BCUT2D eigenvalue weighted by Crippen LogP contribution is -2.43. The van der Waals surface area contributed by atoms with Crippen LogP contribution in [0.5, 0.6) is 0 Å². The van der Waals surface area contributed by atoms with Crippen LogP contribution in [-0.2, 0) is 4.79 Å². The number of carbonyl (C=O) groups excluding carboxylic acids is 1. The van der Waals surface area contributed by atoms with E-state index in [9.17, 15) is 4.79 Å². The Morgan fingerprint density at radius 3 is 2.72 bits per heavy atom. The Kier molecular flexibility index (Phi) is 5.95. The van der Waals surface area contributed by atoms with E-state index in [4.69, 9.17) is 5.53 Å². The zero-order valence-electron chi connectivity index (χ0n) is 11.5. The van der Waals surface area contributed by atoms with Crippen LogP contribution in [0, 0.1) is 5.92 Å². The van der Waals surface area contributed by atoms with Gasteiger partial charge in [0, 0.05) is 43.6 Å². The molecule has 0 aromatic carbocycles. The van der Waals surface area contributed by atoms with E-state index in [-0.39, 0.29) is 11.9 Å². The molecular formula is C12H23N5O. The van der Waals surface area contributed by atoms with Crippen molar-refractivity contribution in [3.63, 3.8) is 0 Å². The highest BCUT2D eigenvalue weighted by Crippen LogP contribution is 2.15. The summed E-state index contributed by atoms with van der Waals surface area (Å²) in [6, 6.07) is 0.0416. The second kappa shape index (κ2) is 7.24. The molecule has 0 bridgehead atoms. The largest absolute Gasteiger partial charge is 0.338 e. The van der Waals surface area contributed by atoms with Gasteiger partial charge in [-0.3, -0.25) is 4.79 Å². The number of rotatable bonds is 5. The number of amides is 1. The average molecular weight is 253 g/mol. The summed E-state index contributed by atoms with van der Waals surface area (Å²) in [6.07, 6.45) is 1.44. The van der Waals surface area contributed by atoms with Crippen LogP contribution in [0.4, 0.5) is 0 Å². The summed E-state index contributed by atoms with van der Waals surface area (Å²) in [5.74, 6) is 0.663. The van der Waals surface area contributed by atoms with E-state index in [1.165, 1.54) is 0 Å². The quantitative estimate of drug-likeness (QED) is 0.426. The maximum atomic E-state index is 12.1. The minimum absolute atomic E-state index is 0.0416. The second-order valence-corrected chi connectivity index (χ2v) is 5.34. The third-order valence-corrected chi connectivity index (χ3v) is 3.29. The molecule has 1 amide bonds. The van der Waals surface area contributed by atoms with Crippen molar-refractivity contribution in [2.24, 2.45) is 11.0 Å². The van der Waals surface area contributed by atoms with Gasteiger partial charge in [0.05, 0.1) is 0 Å². The fraction of sp³-hybridized carbons (Fsp3) is 0.917. The molecule has 0 radical (unpaired) electrons. The lowest BCUT2D eigenvalue weighted by Gasteiger charge is -2.31. The van der Waals surface area contributed by atoms with Crippen molar-refractivity contribution < 1.29 is 4.79 Å². The first-order chi connectivity index (χ1) is 8.54. The number of hydrogen-bond donors (Lipinski definition) is 0. The molecular weight excluding hydrogens is 230 g/mol. The number of hydrogen-bond acceptors (Lipinski definition) is 3. The second-order valence-electron chi connectivity index (χ2n) is 5.34. The highest BCUT2D eigenvalue weighted by atomic mass is 16.2. The van der Waals surface area contributed by atoms with Crippen molar-refractivity contribution in [3.8, 4) is 0 Å². The van der Waals surface area contributed by atoms with Crippen LogP contribution in [0.1, 0.15) is 26.7 Å². The normalized spacial score (nSPS) is 19.6. The van der Waals surface area contributed by atoms with E-state index in [1.807, 2.05) is 11.9 Å². The lowest BCUT2D eigenvalue weighted by molar-refractivity contribution is -0.132. The van der Waals surface area contributed by atoms with Gasteiger partial charge >= 0.3 is 0 Å². The van der Waals surface area contributed by atoms with Crippen LogP contribution < -0.4 is 0 Å². The van der Waals surface area contributed by atoms with Gasteiger partial charge in [0.25, 0.3) is 0 Å². The molecule has 0 aliphatic carbocycles. The molecule has 102 valence electrons. The molecule has 0 aromatic heterocycles. The highest BCUT2D eigenvalue weighted by Gasteiger charge is 2.26. The van der Waals surface area contributed by atoms with E-state index >= 15 is 0 Å². The van der Waals surface area contributed by atoms with E-state index in [0.29, 0.717) is 18.9 Å². The van der Waals surface area contributed by atoms with Gasteiger partial charge in [0.1, 0.15) is 0 Å². The predicted octanol–water partition coefficient (Wildman–Crippen LogP) is 1.88. The van der Waals surface area contributed by atoms with Gasteiger partial charge in [-0.1, -0.05) is 19.0 Å². The fourth-order valence-electron chi connectivity index (χ4n) is 2.31. The number of carbonyl (C=O) groups is 1. The van der Waals surface area contributed by atoms with Crippen LogP contribution >= 0.6 is 0 Å². The van der Waals surface area contributed by atoms with Crippen LogP contribution in [-0.4, -0.2) is 55.0 Å². The standard InChI is InChI=1S/C12H23N5O/c1-10(2)8-11(9-14-15-13)17-7-6-16(3)5-4-12(17)18/h10-11H,4-9H2,1-3H3. The van der Waals surface area contributed by atoms with Gasteiger partial charge in [-0.05, 0) is 24.9 Å². The molecule has 1 atom stereocenters. The summed E-state index contributed by atoms with van der Waals surface area (Å²) in [4.78, 5) is 19.0. The topological polar surface area (TPSA) is 72.3 Å². The Balaban J connectivity index is 2.74. The Hall–Kier alpha value is -1.26. The minimum Gasteiger partial charge on any atom is -0.338 e. The molecule has 0 saturated carbocycles. The van der Waals surface area contributed by atoms with E-state index in [0.717, 1.165) is 26.1 Å². The summed E-state index contributed by atoms with van der Waals surface area (Å²) >= 11 is 0. The maximum Gasteiger partial charge on any atom is 0.224 e. The molecule has 6 nitrogen and oxygen atoms in total. The van der Waals surface area contributed by atoms with Gasteiger partial charge in [0.15, 0.2) is 0 Å². The first-order valence-corrected chi connectivity index (χ1v) is 6.53. The van der Waals surface area contributed by atoms with Crippen LogP contribution in [0.25, 0.3) is 10.4 Å². The molecule has 0 spiro atoms. The van der Waals surface area contributed by atoms with Crippen molar-refractivity contribution in [1.29, 1.82) is 0 Å². The molecule has 6 heteroatoms. The van der Waals surface area contributed by atoms with Gasteiger partial charge in [0.2, 0.25) is 5.91 Å². The van der Waals surface area contributed by atoms with Crippen molar-refractivity contribution >= 4 is 5.91 Å². The molecule has 18 heavy (non-hydrogen) atoms. The first kappa shape index (κ1) is 14.8. The number of likely N-dealkylation sites (N-methyl/N-ethyl adjacent to an activating group) is 1. The van der Waals surface area contributed by atoms with Crippen LogP contribution in [0.15, 0.2) is 5.11 Å². The number of nitrogens with zero attached hydrogens (tertiary/aromatic N) is 5. The summed E-state index contributed by atoms with van der Waals surface area (Å²) in [6.45, 7) is 7.05. The molecule has 0 N–H and O–H groups in total. The molecule has 1 saturated heterocycles. The molecule has 1 fully saturated rings. The van der Waals surface area contributed by atoms with E-state index in [2.05, 4.69) is 28.8 Å². The van der Waals surface area contributed by atoms with Gasteiger partial charge in [-0.25, -0.2) is 0 Å². The van der Waals surface area contributed by atoms with Crippen LogP contribution in [0.2, 0.25) is 0 Å². The summed E-state index contributed by atoms with van der Waals surface area (Å²) in [5.41, 5.74) is 8.46. The maximum absolute atomic E-state index is 12.1. The van der Waals surface area contributed by atoms with E-state index < -0.39 is 0 Å². The zero-order chi connectivity index (χ0) is 13.5. The van der Waals surface area contributed by atoms with Crippen molar-refractivity contribution in [1.82, 2.24) is 9.80 Å². The van der Waals surface area contributed by atoms with Crippen molar-refractivity contribution in [3.05, 3.63) is 10.4 Å². The Bertz CT molecular complexity index is 324. The van der Waals surface area contributed by atoms with Crippen molar-refractivity contribution in [2.45, 2.75) is 32.7 Å². The Morgan fingerprint density at radius 2 is 2.11 bits per heavy atom.